The molecule has 0 radical (unpaired) electrons. The molecule has 1 N–H and O–H groups in total. The fourth-order valence-electron chi connectivity index (χ4n) is 4.92. The van der Waals surface area contributed by atoms with Gasteiger partial charge in [-0.1, -0.05) is 48.5 Å². The summed E-state index contributed by atoms with van der Waals surface area (Å²) in [6, 6.07) is 16.5. The van der Waals surface area contributed by atoms with Crippen molar-refractivity contribution in [3.63, 3.8) is 0 Å². The van der Waals surface area contributed by atoms with Crippen LogP contribution in [-0.4, -0.2) is 54.4 Å². The van der Waals surface area contributed by atoms with Crippen LogP contribution >= 0.6 is 11.3 Å². The number of aromatic nitrogens is 1. The molecule has 1 aliphatic rings. The lowest BCUT2D eigenvalue weighted by atomic mass is 10.1. The van der Waals surface area contributed by atoms with Gasteiger partial charge in [-0.05, 0) is 32.0 Å². The van der Waals surface area contributed by atoms with Crippen LogP contribution in [0.3, 0.4) is 0 Å². The van der Waals surface area contributed by atoms with Crippen molar-refractivity contribution in [2.45, 2.75) is 26.0 Å². The van der Waals surface area contributed by atoms with Gasteiger partial charge in [0.1, 0.15) is 0 Å². The van der Waals surface area contributed by atoms with Crippen molar-refractivity contribution in [2.75, 3.05) is 33.3 Å². The first kappa shape index (κ1) is 24.4. The molecule has 1 aliphatic heterocycles. The number of hydrogen-bond acceptors (Lipinski definition) is 6. The zero-order chi connectivity index (χ0) is 25.1. The fourth-order valence-corrected chi connectivity index (χ4v) is 6.17. The highest BCUT2D eigenvalue weighted by molar-refractivity contribution is 7.22. The predicted octanol–water partition coefficient (Wildman–Crippen LogP) is 4.07. The Hall–Kier alpha value is -3.33. The number of Topliss-reactive ketones (excluding diaryl/α,β-unsaturated/α-hetero) is 1. The van der Waals surface area contributed by atoms with Crippen molar-refractivity contribution in [1.29, 1.82) is 0 Å². The van der Waals surface area contributed by atoms with Gasteiger partial charge in [-0.3, -0.25) is 19.0 Å². The molecule has 1 saturated heterocycles. The standard InChI is InChI=1S/C28H29N3O4S/c1-35-18-21-24-25(36-26(21)27(33)29-13-16-30-14-7-8-15-30)20-11-5-6-12-22(20)31(28(24)34)17-23(32)19-9-3-2-4-10-19/h2-6,9-12H,7-8,13-18H2,1H3,(H,29,33). The van der Waals surface area contributed by atoms with Crippen LogP contribution in [0, 0.1) is 0 Å². The second-order valence-electron chi connectivity index (χ2n) is 9.05. The summed E-state index contributed by atoms with van der Waals surface area (Å²) in [5.41, 5.74) is 1.51. The lowest BCUT2D eigenvalue weighted by molar-refractivity contribution is 0.0946. The Morgan fingerprint density at radius 3 is 2.50 bits per heavy atom. The van der Waals surface area contributed by atoms with Gasteiger partial charge < -0.3 is 15.0 Å². The van der Waals surface area contributed by atoms with Crippen molar-refractivity contribution in [2.24, 2.45) is 0 Å². The zero-order valence-electron chi connectivity index (χ0n) is 20.3. The van der Waals surface area contributed by atoms with Crippen molar-refractivity contribution in [3.8, 4) is 0 Å². The Bertz CT molecular complexity index is 1470. The number of likely N-dealkylation sites (tertiary alicyclic amines) is 1. The van der Waals surface area contributed by atoms with E-state index in [2.05, 4.69) is 10.2 Å². The Labute approximate surface area is 213 Å². The van der Waals surface area contributed by atoms with Crippen molar-refractivity contribution in [1.82, 2.24) is 14.8 Å². The zero-order valence-corrected chi connectivity index (χ0v) is 21.1. The molecular weight excluding hydrogens is 474 g/mol. The summed E-state index contributed by atoms with van der Waals surface area (Å²) in [7, 11) is 1.55. The number of amides is 1. The Morgan fingerprint density at radius 1 is 1.03 bits per heavy atom. The maximum Gasteiger partial charge on any atom is 0.261 e. The quantitative estimate of drug-likeness (QED) is 0.348. The van der Waals surface area contributed by atoms with Crippen LogP contribution in [0.25, 0.3) is 21.0 Å². The molecule has 0 aliphatic carbocycles. The summed E-state index contributed by atoms with van der Waals surface area (Å²) in [5, 5.41) is 4.32. The van der Waals surface area contributed by atoms with E-state index in [1.54, 1.807) is 19.2 Å². The lowest BCUT2D eigenvalue weighted by Gasteiger charge is -2.14. The van der Waals surface area contributed by atoms with Gasteiger partial charge in [0.25, 0.3) is 11.5 Å². The van der Waals surface area contributed by atoms with Gasteiger partial charge in [-0.15, -0.1) is 11.3 Å². The first-order valence-electron chi connectivity index (χ1n) is 12.2. The number of pyridine rings is 1. The first-order valence-corrected chi connectivity index (χ1v) is 13.0. The SMILES string of the molecule is COCc1c(C(=O)NCCN2CCCC2)sc2c1c(=O)n(CC(=O)c1ccccc1)c1ccccc21. The molecule has 2 aromatic carbocycles. The molecule has 0 bridgehead atoms. The summed E-state index contributed by atoms with van der Waals surface area (Å²) < 4.78 is 7.70. The van der Waals surface area contributed by atoms with Crippen LogP contribution < -0.4 is 10.9 Å². The van der Waals surface area contributed by atoms with E-state index in [0.29, 0.717) is 33.5 Å². The molecule has 8 heteroatoms. The highest BCUT2D eigenvalue weighted by Crippen LogP contribution is 2.35. The van der Waals surface area contributed by atoms with Gasteiger partial charge >= 0.3 is 0 Å². The van der Waals surface area contributed by atoms with E-state index in [4.69, 9.17) is 4.74 Å². The van der Waals surface area contributed by atoms with E-state index >= 15 is 0 Å². The summed E-state index contributed by atoms with van der Waals surface area (Å²) in [6.45, 7) is 3.56. The number of methoxy groups -OCH3 is 1. The van der Waals surface area contributed by atoms with Crippen molar-refractivity contribution >= 4 is 44.0 Å². The molecule has 5 rings (SSSR count). The highest BCUT2D eigenvalue weighted by atomic mass is 32.1. The lowest BCUT2D eigenvalue weighted by Crippen LogP contribution is -2.33. The van der Waals surface area contributed by atoms with E-state index in [1.165, 1.54) is 28.7 Å². The monoisotopic (exact) mass is 503 g/mol. The number of fused-ring (bicyclic) bond motifs is 3. The summed E-state index contributed by atoms with van der Waals surface area (Å²) in [4.78, 5) is 43.0. The second kappa shape index (κ2) is 10.7. The van der Waals surface area contributed by atoms with E-state index in [-0.39, 0.29) is 30.4 Å². The summed E-state index contributed by atoms with van der Waals surface area (Å²) in [6.07, 6.45) is 2.41. The number of thiophene rings is 1. The number of hydrogen-bond donors (Lipinski definition) is 1. The molecule has 0 atom stereocenters. The van der Waals surface area contributed by atoms with Gasteiger partial charge in [0.15, 0.2) is 5.78 Å². The molecule has 36 heavy (non-hydrogen) atoms. The Balaban J connectivity index is 1.57. The largest absolute Gasteiger partial charge is 0.380 e. The molecule has 3 heterocycles. The number of carbonyl (C=O) groups is 2. The summed E-state index contributed by atoms with van der Waals surface area (Å²) >= 11 is 1.32. The number of para-hydroxylation sites is 1. The van der Waals surface area contributed by atoms with E-state index < -0.39 is 0 Å². The van der Waals surface area contributed by atoms with Crippen LogP contribution in [0.15, 0.2) is 59.4 Å². The smallest absolute Gasteiger partial charge is 0.261 e. The molecule has 0 unspecified atom stereocenters. The third-order valence-electron chi connectivity index (χ3n) is 6.71. The molecule has 1 amide bonds. The van der Waals surface area contributed by atoms with Crippen LogP contribution in [0.1, 0.15) is 38.4 Å². The molecule has 2 aromatic heterocycles. The highest BCUT2D eigenvalue weighted by Gasteiger charge is 2.24. The number of ketones is 1. The molecule has 0 spiro atoms. The molecule has 4 aromatic rings. The number of benzene rings is 2. The van der Waals surface area contributed by atoms with Gasteiger partial charge in [-0.25, -0.2) is 0 Å². The number of nitrogens with zero attached hydrogens (tertiary/aromatic N) is 2. The van der Waals surface area contributed by atoms with E-state index in [1.807, 2.05) is 42.5 Å². The van der Waals surface area contributed by atoms with Crippen LogP contribution in [-0.2, 0) is 17.9 Å². The minimum atomic E-state index is -0.285. The molecule has 7 nitrogen and oxygen atoms in total. The number of ether oxygens (including phenoxy) is 1. The Kier molecular flexibility index (Phi) is 7.27. The van der Waals surface area contributed by atoms with Crippen molar-refractivity contribution in [3.05, 3.63) is 81.0 Å². The average molecular weight is 504 g/mol. The van der Waals surface area contributed by atoms with Gasteiger partial charge in [0.05, 0.1) is 33.6 Å². The predicted molar refractivity (Wildman–Crippen MR) is 143 cm³/mol. The van der Waals surface area contributed by atoms with Crippen LogP contribution in [0.4, 0.5) is 0 Å². The minimum absolute atomic E-state index is 0.0844. The maximum atomic E-state index is 13.9. The van der Waals surface area contributed by atoms with Gasteiger partial charge in [0, 0.05) is 36.7 Å². The fraction of sp³-hybridized carbons (Fsp3) is 0.321. The maximum absolute atomic E-state index is 13.9. The molecule has 186 valence electrons. The van der Waals surface area contributed by atoms with Crippen molar-refractivity contribution < 1.29 is 14.3 Å². The minimum Gasteiger partial charge on any atom is -0.380 e. The number of carbonyl (C=O) groups excluding carboxylic acids is 2. The van der Waals surface area contributed by atoms with E-state index in [0.717, 1.165) is 29.7 Å². The average Bonchev–Trinajstić information content (AvgIpc) is 3.56. The topological polar surface area (TPSA) is 80.6 Å². The third-order valence-corrected chi connectivity index (χ3v) is 7.97. The normalized spacial score (nSPS) is 14.0. The molecule has 1 fully saturated rings. The number of nitrogens with one attached hydrogen (secondary N) is 1. The molecule has 0 saturated carbocycles. The van der Waals surface area contributed by atoms with Gasteiger partial charge in [-0.2, -0.15) is 0 Å². The summed E-state index contributed by atoms with van der Waals surface area (Å²) in [5.74, 6) is -0.344. The van der Waals surface area contributed by atoms with Gasteiger partial charge in [0.2, 0.25) is 0 Å². The van der Waals surface area contributed by atoms with Crippen LogP contribution in [0.2, 0.25) is 0 Å². The van der Waals surface area contributed by atoms with E-state index in [9.17, 15) is 14.4 Å². The second-order valence-corrected chi connectivity index (χ2v) is 10.1. The molecular formula is C28H29N3O4S. The first-order chi connectivity index (χ1) is 17.6. The number of rotatable bonds is 9. The van der Waals surface area contributed by atoms with Crippen LogP contribution in [0.5, 0.6) is 0 Å². The third kappa shape index (κ3) is 4.72. The Morgan fingerprint density at radius 2 is 1.75 bits per heavy atom.